The van der Waals surface area contributed by atoms with E-state index in [1.165, 1.54) is 5.56 Å². The van der Waals surface area contributed by atoms with Crippen LogP contribution in [-0.4, -0.2) is 48.3 Å². The molecule has 4 heterocycles. The number of benzene rings is 1. The number of carbonyl (C=O) groups excluding carboxylic acids is 1. The zero-order valence-corrected chi connectivity index (χ0v) is 16.0. The molecule has 0 atom stereocenters. The number of amides is 2. The Kier molecular flexibility index (Phi) is 4.41. The summed E-state index contributed by atoms with van der Waals surface area (Å²) in [4.78, 5) is 18.7. The number of urea groups is 1. The van der Waals surface area contributed by atoms with Crippen LogP contribution in [-0.2, 0) is 13.0 Å². The van der Waals surface area contributed by atoms with Crippen LogP contribution in [0, 0.1) is 0 Å². The molecule has 2 amide bonds. The van der Waals surface area contributed by atoms with Gasteiger partial charge in [-0.25, -0.2) is 4.79 Å². The highest BCUT2D eigenvalue weighted by atomic mass is 32.1. The smallest absolute Gasteiger partial charge is 0.321 e. The van der Waals surface area contributed by atoms with E-state index in [9.17, 15) is 4.79 Å². The minimum atomic E-state index is -0.0360. The molecule has 142 valence electrons. The molecule has 27 heavy (non-hydrogen) atoms. The fraction of sp³-hybridized carbons (Fsp3) is 0.450. The molecule has 1 aromatic carbocycles. The van der Waals surface area contributed by atoms with Crippen LogP contribution < -0.4 is 14.8 Å². The highest BCUT2D eigenvalue weighted by Gasteiger charge is 2.29. The number of hydrogen-bond acceptors (Lipinski definition) is 5. The van der Waals surface area contributed by atoms with Gasteiger partial charge in [0, 0.05) is 48.9 Å². The van der Waals surface area contributed by atoms with E-state index in [2.05, 4.69) is 21.7 Å². The second kappa shape index (κ2) is 7.05. The second-order valence-electron chi connectivity index (χ2n) is 7.31. The summed E-state index contributed by atoms with van der Waals surface area (Å²) in [6.45, 7) is 4.04. The lowest BCUT2D eigenvalue weighted by molar-refractivity contribution is 0.111. The first-order valence-electron chi connectivity index (χ1n) is 9.51. The van der Waals surface area contributed by atoms with Crippen LogP contribution in [0.25, 0.3) is 0 Å². The molecule has 6 nitrogen and oxygen atoms in total. The normalized spacial score (nSPS) is 19.8. The molecule has 0 bridgehead atoms. The lowest BCUT2D eigenvalue weighted by atomic mass is 10.00. The van der Waals surface area contributed by atoms with Gasteiger partial charge in [-0.3, -0.25) is 4.90 Å². The molecule has 0 saturated carbocycles. The molecule has 1 N–H and O–H groups in total. The van der Waals surface area contributed by atoms with Gasteiger partial charge in [0.2, 0.25) is 6.79 Å². The van der Waals surface area contributed by atoms with Crippen molar-refractivity contribution in [2.75, 3.05) is 31.7 Å². The number of piperidine rings is 1. The van der Waals surface area contributed by atoms with Crippen LogP contribution in [0.3, 0.4) is 0 Å². The summed E-state index contributed by atoms with van der Waals surface area (Å²) in [5, 5.41) is 5.19. The van der Waals surface area contributed by atoms with Gasteiger partial charge in [0.1, 0.15) is 0 Å². The van der Waals surface area contributed by atoms with Crippen molar-refractivity contribution >= 4 is 23.1 Å². The largest absolute Gasteiger partial charge is 0.454 e. The molecule has 5 rings (SSSR count). The lowest BCUT2D eigenvalue weighted by Crippen LogP contribution is -2.48. The summed E-state index contributed by atoms with van der Waals surface area (Å²) in [5.74, 6) is 1.41. The monoisotopic (exact) mass is 385 g/mol. The van der Waals surface area contributed by atoms with E-state index < -0.39 is 0 Å². The number of thiophene rings is 1. The van der Waals surface area contributed by atoms with E-state index >= 15 is 0 Å². The molecule has 2 aromatic rings. The van der Waals surface area contributed by atoms with Gasteiger partial charge in [0.05, 0.1) is 0 Å². The molecule has 1 aromatic heterocycles. The molecule has 1 saturated heterocycles. The average molecular weight is 385 g/mol. The van der Waals surface area contributed by atoms with Gasteiger partial charge in [-0.1, -0.05) is 0 Å². The number of hydrogen-bond donors (Lipinski definition) is 1. The average Bonchev–Trinajstić information content (AvgIpc) is 3.36. The number of nitrogens with zero attached hydrogens (tertiary/aromatic N) is 2. The van der Waals surface area contributed by atoms with E-state index in [1.807, 2.05) is 34.4 Å². The molecule has 7 heteroatoms. The van der Waals surface area contributed by atoms with Crippen molar-refractivity contribution in [3.8, 4) is 11.5 Å². The van der Waals surface area contributed by atoms with Crippen LogP contribution in [0.15, 0.2) is 29.6 Å². The van der Waals surface area contributed by atoms with Gasteiger partial charge >= 0.3 is 6.03 Å². The van der Waals surface area contributed by atoms with E-state index in [-0.39, 0.29) is 12.8 Å². The number of fused-ring (bicyclic) bond motifs is 2. The first kappa shape index (κ1) is 16.9. The van der Waals surface area contributed by atoms with Gasteiger partial charge < -0.3 is 19.7 Å². The Morgan fingerprint density at radius 2 is 1.96 bits per heavy atom. The molecule has 0 radical (unpaired) electrons. The third kappa shape index (κ3) is 3.37. The van der Waals surface area contributed by atoms with Crippen molar-refractivity contribution in [1.82, 2.24) is 9.80 Å². The van der Waals surface area contributed by atoms with Crippen molar-refractivity contribution in [3.05, 3.63) is 40.1 Å². The van der Waals surface area contributed by atoms with Gasteiger partial charge in [-0.05, 0) is 48.4 Å². The molecule has 0 aliphatic carbocycles. The van der Waals surface area contributed by atoms with Crippen molar-refractivity contribution in [2.45, 2.75) is 31.8 Å². The lowest BCUT2D eigenvalue weighted by Gasteiger charge is -2.40. The summed E-state index contributed by atoms with van der Waals surface area (Å²) in [5.41, 5.74) is 2.24. The molecular weight excluding hydrogens is 362 g/mol. The molecule has 3 aliphatic heterocycles. The molecule has 1 fully saturated rings. The summed E-state index contributed by atoms with van der Waals surface area (Å²) in [6, 6.07) is 8.31. The first-order valence-corrected chi connectivity index (χ1v) is 10.4. The Morgan fingerprint density at radius 1 is 1.11 bits per heavy atom. The quantitative estimate of drug-likeness (QED) is 0.859. The number of anilines is 1. The number of rotatable bonds is 2. The number of carbonyl (C=O) groups is 1. The standard InChI is InChI=1S/C20H23N3O3S/c24-20(21-15-1-2-17-18(11-15)26-13-25-17)22-7-3-16(4-8-22)23-9-5-19-14(12-23)6-10-27-19/h1-2,6,10-11,16H,3-5,7-9,12-13H2,(H,21,24). The predicted molar refractivity (Wildman–Crippen MR) is 105 cm³/mol. The van der Waals surface area contributed by atoms with Crippen LogP contribution in [0.4, 0.5) is 10.5 Å². The fourth-order valence-electron chi connectivity index (χ4n) is 4.19. The number of nitrogens with one attached hydrogen (secondary N) is 1. The van der Waals surface area contributed by atoms with Crippen molar-refractivity contribution in [3.63, 3.8) is 0 Å². The van der Waals surface area contributed by atoms with E-state index in [1.54, 1.807) is 4.88 Å². The maximum Gasteiger partial charge on any atom is 0.321 e. The van der Waals surface area contributed by atoms with Crippen molar-refractivity contribution in [2.24, 2.45) is 0 Å². The minimum absolute atomic E-state index is 0.0360. The van der Waals surface area contributed by atoms with E-state index in [0.717, 1.165) is 56.9 Å². The first-order chi connectivity index (χ1) is 13.3. The zero-order valence-electron chi connectivity index (χ0n) is 15.1. The third-order valence-electron chi connectivity index (χ3n) is 5.73. The predicted octanol–water partition coefficient (Wildman–Crippen LogP) is 3.53. The van der Waals surface area contributed by atoms with Crippen molar-refractivity contribution in [1.29, 1.82) is 0 Å². The Hall–Kier alpha value is -2.25. The van der Waals surface area contributed by atoms with Gasteiger partial charge in [0.25, 0.3) is 0 Å². The second-order valence-corrected chi connectivity index (χ2v) is 8.31. The maximum atomic E-state index is 12.6. The fourth-order valence-corrected chi connectivity index (χ4v) is 5.08. The van der Waals surface area contributed by atoms with Gasteiger partial charge in [-0.2, -0.15) is 0 Å². The van der Waals surface area contributed by atoms with Gasteiger partial charge in [0.15, 0.2) is 11.5 Å². The van der Waals surface area contributed by atoms with Crippen molar-refractivity contribution < 1.29 is 14.3 Å². The molecule has 0 spiro atoms. The summed E-state index contributed by atoms with van der Waals surface area (Å²) in [7, 11) is 0. The van der Waals surface area contributed by atoms with Gasteiger partial charge in [-0.15, -0.1) is 11.3 Å². The molecule has 3 aliphatic rings. The summed E-state index contributed by atoms with van der Waals surface area (Å²) >= 11 is 1.88. The Labute approximate surface area is 162 Å². The number of likely N-dealkylation sites (tertiary alicyclic amines) is 1. The summed E-state index contributed by atoms with van der Waals surface area (Å²) in [6.07, 6.45) is 3.24. The topological polar surface area (TPSA) is 54.0 Å². The Balaban J connectivity index is 1.15. The summed E-state index contributed by atoms with van der Waals surface area (Å²) < 4.78 is 10.7. The Bertz CT molecular complexity index is 845. The molecule has 0 unspecified atom stereocenters. The van der Waals surface area contributed by atoms with Crippen LogP contribution in [0.2, 0.25) is 0 Å². The maximum absolute atomic E-state index is 12.6. The SMILES string of the molecule is O=C(Nc1ccc2c(c1)OCO2)N1CCC(N2CCc3sccc3C2)CC1. The Morgan fingerprint density at radius 3 is 2.85 bits per heavy atom. The van der Waals surface area contributed by atoms with Crippen LogP contribution in [0.1, 0.15) is 23.3 Å². The molecular formula is C20H23N3O3S. The van der Waals surface area contributed by atoms with E-state index in [4.69, 9.17) is 9.47 Å². The zero-order chi connectivity index (χ0) is 18.2. The minimum Gasteiger partial charge on any atom is -0.454 e. The third-order valence-corrected chi connectivity index (χ3v) is 6.75. The number of ether oxygens (including phenoxy) is 2. The highest BCUT2D eigenvalue weighted by molar-refractivity contribution is 7.10. The van der Waals surface area contributed by atoms with Crippen LogP contribution >= 0.6 is 11.3 Å². The van der Waals surface area contributed by atoms with E-state index in [0.29, 0.717) is 11.8 Å². The highest BCUT2D eigenvalue weighted by Crippen LogP contribution is 2.34. The van der Waals surface area contributed by atoms with Crippen LogP contribution in [0.5, 0.6) is 11.5 Å².